The highest BCUT2D eigenvalue weighted by molar-refractivity contribution is 6.32. The lowest BCUT2D eigenvalue weighted by atomic mass is 10.2. The summed E-state index contributed by atoms with van der Waals surface area (Å²) in [6.45, 7) is 3.47. The SMILES string of the molecule is CCOc1c(Cl)cc(CNC(=NC)NCc2ccc(OC)cc2OC)cc1OC. The Balaban J connectivity index is 2.02. The summed E-state index contributed by atoms with van der Waals surface area (Å²) in [7, 11) is 6.56. The van der Waals surface area contributed by atoms with Gasteiger partial charge in [0.05, 0.1) is 33.0 Å². The molecule has 0 heterocycles. The Morgan fingerprint density at radius 1 is 0.966 bits per heavy atom. The lowest BCUT2D eigenvalue weighted by Gasteiger charge is -2.16. The molecule has 2 aromatic carbocycles. The molecule has 0 aliphatic carbocycles. The highest BCUT2D eigenvalue weighted by Crippen LogP contribution is 2.36. The lowest BCUT2D eigenvalue weighted by molar-refractivity contribution is 0.311. The van der Waals surface area contributed by atoms with Crippen molar-refractivity contribution in [1.82, 2.24) is 10.6 Å². The molecule has 0 unspecified atom stereocenters. The van der Waals surface area contributed by atoms with Gasteiger partial charge in [-0.25, -0.2) is 0 Å². The van der Waals surface area contributed by atoms with Crippen molar-refractivity contribution in [3.05, 3.63) is 46.5 Å². The molecule has 7 nitrogen and oxygen atoms in total. The number of hydrogen-bond acceptors (Lipinski definition) is 5. The molecule has 0 atom stereocenters. The van der Waals surface area contributed by atoms with Gasteiger partial charge in [0, 0.05) is 31.8 Å². The molecule has 2 aromatic rings. The normalized spacial score (nSPS) is 11.0. The predicted octanol–water partition coefficient (Wildman–Crippen LogP) is 3.63. The van der Waals surface area contributed by atoms with Crippen LogP contribution in [0.4, 0.5) is 0 Å². The van der Waals surface area contributed by atoms with Gasteiger partial charge in [-0.3, -0.25) is 4.99 Å². The summed E-state index contributed by atoms with van der Waals surface area (Å²) in [4.78, 5) is 4.26. The second kappa shape index (κ2) is 11.3. The van der Waals surface area contributed by atoms with Crippen LogP contribution in [0.15, 0.2) is 35.3 Å². The Labute approximate surface area is 177 Å². The third-order valence-electron chi connectivity index (χ3n) is 4.20. The van der Waals surface area contributed by atoms with E-state index in [-0.39, 0.29) is 0 Å². The van der Waals surface area contributed by atoms with Crippen LogP contribution in [-0.2, 0) is 13.1 Å². The molecular formula is C21H28ClN3O4. The van der Waals surface area contributed by atoms with E-state index in [1.165, 1.54) is 0 Å². The first-order valence-corrected chi connectivity index (χ1v) is 9.58. The number of ether oxygens (including phenoxy) is 4. The minimum absolute atomic E-state index is 0.508. The van der Waals surface area contributed by atoms with Crippen molar-refractivity contribution >= 4 is 17.6 Å². The number of hydrogen-bond donors (Lipinski definition) is 2. The van der Waals surface area contributed by atoms with E-state index in [2.05, 4.69) is 15.6 Å². The van der Waals surface area contributed by atoms with Gasteiger partial charge < -0.3 is 29.6 Å². The quantitative estimate of drug-likeness (QED) is 0.475. The van der Waals surface area contributed by atoms with E-state index in [1.807, 2.05) is 37.3 Å². The fourth-order valence-corrected chi connectivity index (χ4v) is 3.03. The zero-order chi connectivity index (χ0) is 21.2. The first-order valence-electron chi connectivity index (χ1n) is 9.20. The van der Waals surface area contributed by atoms with Crippen LogP contribution in [0.2, 0.25) is 5.02 Å². The van der Waals surface area contributed by atoms with Gasteiger partial charge in [0.2, 0.25) is 0 Å². The highest BCUT2D eigenvalue weighted by Gasteiger charge is 2.12. The molecule has 0 saturated heterocycles. The van der Waals surface area contributed by atoms with Crippen molar-refractivity contribution in [2.75, 3.05) is 35.0 Å². The fourth-order valence-electron chi connectivity index (χ4n) is 2.74. The Morgan fingerprint density at radius 3 is 2.31 bits per heavy atom. The predicted molar refractivity (Wildman–Crippen MR) is 116 cm³/mol. The zero-order valence-electron chi connectivity index (χ0n) is 17.5. The van der Waals surface area contributed by atoms with Gasteiger partial charge in [-0.2, -0.15) is 0 Å². The van der Waals surface area contributed by atoms with Crippen LogP contribution in [0.3, 0.4) is 0 Å². The molecule has 0 aliphatic heterocycles. The van der Waals surface area contributed by atoms with Gasteiger partial charge in [-0.15, -0.1) is 0 Å². The second-order valence-electron chi connectivity index (χ2n) is 6.00. The van der Waals surface area contributed by atoms with Gasteiger partial charge in [-0.05, 0) is 36.8 Å². The largest absolute Gasteiger partial charge is 0.497 e. The van der Waals surface area contributed by atoms with Gasteiger partial charge in [0.25, 0.3) is 0 Å². The van der Waals surface area contributed by atoms with Crippen LogP contribution >= 0.6 is 11.6 Å². The van der Waals surface area contributed by atoms with Crippen molar-refractivity contribution in [2.24, 2.45) is 4.99 Å². The van der Waals surface area contributed by atoms with E-state index in [0.717, 1.165) is 22.6 Å². The molecule has 0 spiro atoms. The average molecular weight is 422 g/mol. The summed E-state index contributed by atoms with van der Waals surface area (Å²) in [5.74, 6) is 3.29. The molecule has 0 aliphatic rings. The molecule has 0 fully saturated rings. The van der Waals surface area contributed by atoms with Gasteiger partial charge in [0.1, 0.15) is 11.5 Å². The minimum Gasteiger partial charge on any atom is -0.497 e. The minimum atomic E-state index is 0.508. The smallest absolute Gasteiger partial charge is 0.191 e. The summed E-state index contributed by atoms with van der Waals surface area (Å²) in [6, 6.07) is 9.44. The first-order chi connectivity index (χ1) is 14.1. The molecule has 0 saturated carbocycles. The summed E-state index contributed by atoms with van der Waals surface area (Å²) < 4.78 is 21.6. The van der Waals surface area contributed by atoms with E-state index in [9.17, 15) is 0 Å². The molecule has 29 heavy (non-hydrogen) atoms. The van der Waals surface area contributed by atoms with E-state index in [0.29, 0.717) is 42.2 Å². The van der Waals surface area contributed by atoms with Gasteiger partial charge in [-0.1, -0.05) is 11.6 Å². The Kier molecular flexibility index (Phi) is 8.73. The molecule has 0 radical (unpaired) electrons. The Morgan fingerprint density at radius 2 is 1.69 bits per heavy atom. The number of methoxy groups -OCH3 is 3. The second-order valence-corrected chi connectivity index (χ2v) is 6.41. The molecule has 2 rings (SSSR count). The monoisotopic (exact) mass is 421 g/mol. The number of benzene rings is 2. The molecule has 158 valence electrons. The number of halogens is 1. The third kappa shape index (κ3) is 6.09. The van der Waals surface area contributed by atoms with Crippen LogP contribution in [0.1, 0.15) is 18.1 Å². The molecule has 0 aromatic heterocycles. The first kappa shape index (κ1) is 22.5. The average Bonchev–Trinajstić information content (AvgIpc) is 2.75. The van der Waals surface area contributed by atoms with Gasteiger partial charge >= 0.3 is 0 Å². The maximum atomic E-state index is 6.34. The summed E-state index contributed by atoms with van der Waals surface area (Å²) in [5, 5.41) is 7.04. The van der Waals surface area contributed by atoms with Crippen molar-refractivity contribution < 1.29 is 18.9 Å². The van der Waals surface area contributed by atoms with Crippen LogP contribution in [0.5, 0.6) is 23.0 Å². The lowest BCUT2D eigenvalue weighted by Crippen LogP contribution is -2.36. The molecule has 2 N–H and O–H groups in total. The highest BCUT2D eigenvalue weighted by atomic mass is 35.5. The van der Waals surface area contributed by atoms with Crippen LogP contribution in [0.25, 0.3) is 0 Å². The molecular weight excluding hydrogens is 394 g/mol. The topological polar surface area (TPSA) is 73.3 Å². The molecule has 0 amide bonds. The van der Waals surface area contributed by atoms with E-state index in [4.69, 9.17) is 30.5 Å². The molecule has 0 bridgehead atoms. The van der Waals surface area contributed by atoms with Crippen LogP contribution in [-0.4, -0.2) is 40.9 Å². The summed E-state index contributed by atoms with van der Waals surface area (Å²) in [5.41, 5.74) is 1.93. The number of nitrogens with zero attached hydrogens (tertiary/aromatic N) is 1. The van der Waals surface area contributed by atoms with Crippen molar-refractivity contribution in [2.45, 2.75) is 20.0 Å². The number of aliphatic imine (C=N–C) groups is 1. The van der Waals surface area contributed by atoms with Crippen LogP contribution in [0, 0.1) is 0 Å². The van der Waals surface area contributed by atoms with Crippen molar-refractivity contribution in [1.29, 1.82) is 0 Å². The van der Waals surface area contributed by atoms with E-state index in [1.54, 1.807) is 28.4 Å². The van der Waals surface area contributed by atoms with Crippen molar-refractivity contribution in [3.63, 3.8) is 0 Å². The van der Waals surface area contributed by atoms with Gasteiger partial charge in [0.15, 0.2) is 17.5 Å². The van der Waals surface area contributed by atoms with E-state index < -0.39 is 0 Å². The van der Waals surface area contributed by atoms with Crippen LogP contribution < -0.4 is 29.6 Å². The summed E-state index contributed by atoms with van der Waals surface area (Å²) in [6.07, 6.45) is 0. The Hall–Kier alpha value is -2.80. The fraction of sp³-hybridized carbons (Fsp3) is 0.381. The molecule has 8 heteroatoms. The maximum Gasteiger partial charge on any atom is 0.191 e. The standard InChI is InChI=1S/C21H28ClN3O4/c1-6-29-20-17(22)9-14(10-19(20)28-5)12-24-21(23-2)25-13-15-7-8-16(26-3)11-18(15)27-4/h7-11H,6,12-13H2,1-5H3,(H2,23,24,25). The summed E-state index contributed by atoms with van der Waals surface area (Å²) >= 11 is 6.34. The Bertz CT molecular complexity index is 843. The number of rotatable bonds is 9. The van der Waals surface area contributed by atoms with E-state index >= 15 is 0 Å². The third-order valence-corrected chi connectivity index (χ3v) is 4.48. The van der Waals surface area contributed by atoms with Crippen molar-refractivity contribution in [3.8, 4) is 23.0 Å². The zero-order valence-corrected chi connectivity index (χ0v) is 18.2. The maximum absolute atomic E-state index is 6.34. The number of guanidine groups is 1. The number of nitrogens with one attached hydrogen (secondary N) is 2.